The number of H-pyrrole nitrogens is 2. The predicted molar refractivity (Wildman–Crippen MR) is 123 cm³/mol. The summed E-state index contributed by atoms with van der Waals surface area (Å²) in [5.74, 6) is 1.37. The summed E-state index contributed by atoms with van der Waals surface area (Å²) in [6.07, 6.45) is 2.99. The number of aromatic nitrogens is 4. The van der Waals surface area contributed by atoms with Crippen LogP contribution < -0.4 is 5.32 Å². The molecule has 0 radical (unpaired) electrons. The monoisotopic (exact) mass is 412 g/mol. The van der Waals surface area contributed by atoms with E-state index >= 15 is 0 Å². The quantitative estimate of drug-likeness (QED) is 0.447. The van der Waals surface area contributed by atoms with Crippen LogP contribution in [0.1, 0.15) is 23.5 Å². The van der Waals surface area contributed by atoms with Gasteiger partial charge in [-0.1, -0.05) is 36.4 Å². The molecule has 0 unspecified atom stereocenters. The first kappa shape index (κ1) is 19.1. The summed E-state index contributed by atoms with van der Waals surface area (Å²) in [4.78, 5) is 22.5. The van der Waals surface area contributed by atoms with E-state index < -0.39 is 0 Å². The van der Waals surface area contributed by atoms with Gasteiger partial charge < -0.3 is 15.2 Å². The van der Waals surface area contributed by atoms with Gasteiger partial charge in [0.1, 0.15) is 5.82 Å². The number of urea groups is 1. The van der Waals surface area contributed by atoms with Crippen LogP contribution in [0.5, 0.6) is 0 Å². The van der Waals surface area contributed by atoms with Crippen LogP contribution in [0, 0.1) is 13.8 Å². The number of rotatable bonds is 3. The van der Waals surface area contributed by atoms with E-state index in [0.717, 1.165) is 29.0 Å². The molecule has 3 N–H and O–H groups in total. The number of hydrogen-bond acceptors (Lipinski definition) is 3. The molecule has 156 valence electrons. The average Bonchev–Trinajstić information content (AvgIpc) is 3.36. The lowest BCUT2D eigenvalue weighted by molar-refractivity contribution is 0.217. The van der Waals surface area contributed by atoms with E-state index in [4.69, 9.17) is 0 Å². The molecule has 2 aromatic carbocycles. The molecule has 2 amide bonds. The van der Waals surface area contributed by atoms with Crippen LogP contribution in [0.15, 0.2) is 54.6 Å². The number of anilines is 1. The van der Waals surface area contributed by atoms with Crippen LogP contribution in [0.2, 0.25) is 0 Å². The van der Waals surface area contributed by atoms with Crippen LogP contribution in [-0.2, 0) is 0 Å². The first-order valence-corrected chi connectivity index (χ1v) is 10.4. The molecule has 3 heterocycles. The van der Waals surface area contributed by atoms with Gasteiger partial charge in [-0.3, -0.25) is 5.10 Å². The van der Waals surface area contributed by atoms with Crippen LogP contribution in [0.3, 0.4) is 0 Å². The number of aryl methyl sites for hydroxylation is 2. The molecule has 2 aromatic heterocycles. The molecule has 0 fully saturated rings. The molecule has 7 nitrogen and oxygen atoms in total. The SMILES string of the molecule is Cc1nc(-c2cccc(NC(=O)N3CC=C(c4c(C)[nH]c5ccccc45)CC3)c2)n[nH]1. The van der Waals surface area contributed by atoms with Crippen LogP contribution in [-0.4, -0.2) is 44.2 Å². The fourth-order valence-electron chi connectivity index (χ4n) is 4.18. The van der Waals surface area contributed by atoms with E-state index in [1.807, 2.05) is 42.2 Å². The summed E-state index contributed by atoms with van der Waals surface area (Å²) in [6, 6.07) is 15.8. The average molecular weight is 412 g/mol. The smallest absolute Gasteiger partial charge is 0.322 e. The Bertz CT molecular complexity index is 1300. The molecule has 4 aromatic rings. The van der Waals surface area contributed by atoms with Gasteiger partial charge in [0.25, 0.3) is 0 Å². The van der Waals surface area contributed by atoms with Crippen molar-refractivity contribution in [1.82, 2.24) is 25.1 Å². The maximum Gasteiger partial charge on any atom is 0.322 e. The van der Waals surface area contributed by atoms with Gasteiger partial charge in [-0.15, -0.1) is 0 Å². The first-order valence-electron chi connectivity index (χ1n) is 10.4. The van der Waals surface area contributed by atoms with Gasteiger partial charge in [0, 0.05) is 46.5 Å². The highest BCUT2D eigenvalue weighted by molar-refractivity contribution is 5.95. The lowest BCUT2D eigenvalue weighted by Gasteiger charge is -2.27. The fourth-order valence-corrected chi connectivity index (χ4v) is 4.18. The normalized spacial score (nSPS) is 14.0. The second-order valence-corrected chi connectivity index (χ2v) is 7.85. The van der Waals surface area contributed by atoms with E-state index in [0.29, 0.717) is 18.9 Å². The summed E-state index contributed by atoms with van der Waals surface area (Å²) in [5, 5.41) is 11.3. The van der Waals surface area contributed by atoms with Crippen molar-refractivity contribution in [3.63, 3.8) is 0 Å². The van der Waals surface area contributed by atoms with E-state index in [1.165, 1.54) is 22.2 Å². The summed E-state index contributed by atoms with van der Waals surface area (Å²) in [7, 11) is 0. The zero-order valence-corrected chi connectivity index (χ0v) is 17.6. The van der Waals surface area contributed by atoms with Crippen LogP contribution in [0.4, 0.5) is 10.5 Å². The summed E-state index contributed by atoms with van der Waals surface area (Å²) in [6.45, 7) is 5.23. The predicted octanol–water partition coefficient (Wildman–Crippen LogP) is 4.89. The lowest BCUT2D eigenvalue weighted by atomic mass is 9.97. The molecule has 0 aliphatic carbocycles. The number of carbonyl (C=O) groups excluding carboxylic acids is 1. The maximum atomic E-state index is 12.8. The molecule has 31 heavy (non-hydrogen) atoms. The molecule has 0 saturated heterocycles. The van der Waals surface area contributed by atoms with Crippen molar-refractivity contribution in [2.24, 2.45) is 0 Å². The Morgan fingerprint density at radius 1 is 1.13 bits per heavy atom. The molecule has 0 saturated carbocycles. The minimum Gasteiger partial charge on any atom is -0.358 e. The number of hydrogen-bond donors (Lipinski definition) is 3. The number of nitrogens with zero attached hydrogens (tertiary/aromatic N) is 3. The minimum absolute atomic E-state index is 0.103. The van der Waals surface area contributed by atoms with E-state index in [2.05, 4.69) is 56.7 Å². The van der Waals surface area contributed by atoms with Crippen molar-refractivity contribution in [2.75, 3.05) is 18.4 Å². The van der Waals surface area contributed by atoms with Gasteiger partial charge in [0.15, 0.2) is 5.82 Å². The maximum absolute atomic E-state index is 12.8. The minimum atomic E-state index is -0.103. The largest absolute Gasteiger partial charge is 0.358 e. The van der Waals surface area contributed by atoms with Crippen LogP contribution >= 0.6 is 0 Å². The molecule has 0 atom stereocenters. The Balaban J connectivity index is 1.30. The number of fused-ring (bicyclic) bond motifs is 1. The molecular weight excluding hydrogens is 388 g/mol. The number of nitrogens with one attached hydrogen (secondary N) is 3. The fraction of sp³-hybridized carbons (Fsp3) is 0.208. The number of para-hydroxylation sites is 1. The highest BCUT2D eigenvalue weighted by atomic mass is 16.2. The molecule has 1 aliphatic rings. The third kappa shape index (κ3) is 3.70. The van der Waals surface area contributed by atoms with E-state index in [-0.39, 0.29) is 6.03 Å². The zero-order chi connectivity index (χ0) is 21.4. The molecule has 1 aliphatic heterocycles. The van der Waals surface area contributed by atoms with Gasteiger partial charge in [-0.25, -0.2) is 9.78 Å². The van der Waals surface area contributed by atoms with Crippen molar-refractivity contribution in [3.05, 3.63) is 71.7 Å². The molecule has 7 heteroatoms. The van der Waals surface area contributed by atoms with E-state index in [1.54, 1.807) is 0 Å². The highest BCUT2D eigenvalue weighted by Crippen LogP contribution is 2.32. The molecular formula is C24H24N6O. The Morgan fingerprint density at radius 2 is 2.00 bits per heavy atom. The zero-order valence-electron chi connectivity index (χ0n) is 17.6. The topological polar surface area (TPSA) is 89.7 Å². The first-order chi connectivity index (χ1) is 15.1. The molecule has 0 spiro atoms. The van der Waals surface area contributed by atoms with Gasteiger partial charge >= 0.3 is 6.03 Å². The standard InChI is InChI=1S/C24H24N6O/c1-15-22(20-8-3-4-9-21(20)25-15)17-10-12-30(13-11-17)24(31)27-19-7-5-6-18(14-19)23-26-16(2)28-29-23/h3-10,14,25H,11-13H2,1-2H3,(H,27,31)(H,26,28,29). The third-order valence-corrected chi connectivity index (χ3v) is 5.68. The Labute approximate surface area is 180 Å². The second-order valence-electron chi connectivity index (χ2n) is 7.85. The second kappa shape index (κ2) is 7.75. The Morgan fingerprint density at radius 3 is 2.77 bits per heavy atom. The van der Waals surface area contributed by atoms with Gasteiger partial charge in [-0.05, 0) is 44.0 Å². The third-order valence-electron chi connectivity index (χ3n) is 5.68. The van der Waals surface area contributed by atoms with Gasteiger partial charge in [0.2, 0.25) is 0 Å². The molecule has 0 bridgehead atoms. The van der Waals surface area contributed by atoms with Crippen molar-refractivity contribution >= 4 is 28.2 Å². The Kier molecular flexibility index (Phi) is 4.78. The number of aromatic amines is 2. The number of carbonyl (C=O) groups is 1. The molecule has 5 rings (SSSR count). The number of amides is 2. The summed E-state index contributed by atoms with van der Waals surface area (Å²) >= 11 is 0. The van der Waals surface area contributed by atoms with E-state index in [9.17, 15) is 4.79 Å². The number of benzene rings is 2. The lowest BCUT2D eigenvalue weighted by Crippen LogP contribution is -2.37. The Hall–Kier alpha value is -3.87. The van der Waals surface area contributed by atoms with Gasteiger partial charge in [0.05, 0.1) is 0 Å². The van der Waals surface area contributed by atoms with Crippen molar-refractivity contribution in [1.29, 1.82) is 0 Å². The van der Waals surface area contributed by atoms with Crippen molar-refractivity contribution < 1.29 is 4.79 Å². The van der Waals surface area contributed by atoms with Gasteiger partial charge in [-0.2, -0.15) is 5.10 Å². The van der Waals surface area contributed by atoms with Crippen molar-refractivity contribution in [2.45, 2.75) is 20.3 Å². The summed E-state index contributed by atoms with van der Waals surface area (Å²) in [5.41, 5.74) is 6.47. The summed E-state index contributed by atoms with van der Waals surface area (Å²) < 4.78 is 0. The van der Waals surface area contributed by atoms with Crippen LogP contribution in [0.25, 0.3) is 27.9 Å². The highest BCUT2D eigenvalue weighted by Gasteiger charge is 2.21. The van der Waals surface area contributed by atoms with Crippen molar-refractivity contribution in [3.8, 4) is 11.4 Å².